The minimum absolute atomic E-state index is 0.0348. The van der Waals surface area contributed by atoms with Crippen molar-refractivity contribution in [3.05, 3.63) is 29.3 Å². The van der Waals surface area contributed by atoms with E-state index in [4.69, 9.17) is 10.2 Å². The van der Waals surface area contributed by atoms with Crippen LogP contribution in [0.5, 0.6) is 11.5 Å². The van der Waals surface area contributed by atoms with Crippen LogP contribution in [0.25, 0.3) is 6.08 Å². The standard InChI is InChI=1S/C9H8O2/c10-8-4-6-2-1-3-7(6)5-9(8)11/h1-2,4-5,10-11H,3H2. The normalized spacial score (nSPS) is 13.5. The van der Waals surface area contributed by atoms with Gasteiger partial charge in [-0.3, -0.25) is 0 Å². The number of benzene rings is 1. The van der Waals surface area contributed by atoms with Crippen molar-refractivity contribution in [3.63, 3.8) is 0 Å². The number of phenolic OH excluding ortho intramolecular Hbond substituents is 2. The summed E-state index contributed by atoms with van der Waals surface area (Å²) in [5.41, 5.74) is 2.07. The summed E-state index contributed by atoms with van der Waals surface area (Å²) in [6.45, 7) is 0. The first-order chi connectivity index (χ1) is 5.27. The van der Waals surface area contributed by atoms with Gasteiger partial charge in [-0.2, -0.15) is 0 Å². The molecule has 0 unspecified atom stereocenters. The van der Waals surface area contributed by atoms with Gasteiger partial charge in [0.05, 0.1) is 0 Å². The van der Waals surface area contributed by atoms with Crippen LogP contribution in [-0.4, -0.2) is 10.2 Å². The molecule has 0 spiro atoms. The Labute approximate surface area is 64.4 Å². The van der Waals surface area contributed by atoms with Crippen molar-refractivity contribution in [3.8, 4) is 11.5 Å². The van der Waals surface area contributed by atoms with Gasteiger partial charge in [-0.25, -0.2) is 0 Å². The monoisotopic (exact) mass is 148 g/mol. The molecule has 2 heteroatoms. The van der Waals surface area contributed by atoms with Crippen LogP contribution in [0.4, 0.5) is 0 Å². The van der Waals surface area contributed by atoms with Crippen molar-refractivity contribution in [1.29, 1.82) is 0 Å². The topological polar surface area (TPSA) is 40.5 Å². The van der Waals surface area contributed by atoms with E-state index >= 15 is 0 Å². The van der Waals surface area contributed by atoms with E-state index in [1.165, 1.54) is 0 Å². The van der Waals surface area contributed by atoms with Crippen LogP contribution in [0, 0.1) is 0 Å². The molecule has 56 valence electrons. The molecule has 0 fully saturated rings. The van der Waals surface area contributed by atoms with E-state index in [2.05, 4.69) is 0 Å². The van der Waals surface area contributed by atoms with Crippen molar-refractivity contribution in [1.82, 2.24) is 0 Å². The maximum atomic E-state index is 9.11. The van der Waals surface area contributed by atoms with Gasteiger partial charge in [0.15, 0.2) is 11.5 Å². The fourth-order valence-electron chi connectivity index (χ4n) is 1.28. The minimum atomic E-state index is -0.0460. The van der Waals surface area contributed by atoms with Crippen molar-refractivity contribution >= 4 is 6.08 Å². The third kappa shape index (κ3) is 0.871. The average Bonchev–Trinajstić information content (AvgIpc) is 2.36. The summed E-state index contributed by atoms with van der Waals surface area (Å²) in [6.07, 6.45) is 4.79. The molecule has 0 radical (unpaired) electrons. The Balaban J connectivity index is 2.63. The predicted octanol–water partition coefficient (Wildman–Crippen LogP) is 1.67. The zero-order valence-electron chi connectivity index (χ0n) is 5.91. The highest BCUT2D eigenvalue weighted by Gasteiger charge is 2.08. The molecule has 0 saturated heterocycles. The summed E-state index contributed by atoms with van der Waals surface area (Å²) in [6, 6.07) is 3.18. The Hall–Kier alpha value is -1.44. The zero-order chi connectivity index (χ0) is 7.84. The van der Waals surface area contributed by atoms with Gasteiger partial charge in [-0.15, -0.1) is 0 Å². The largest absolute Gasteiger partial charge is 0.504 e. The van der Waals surface area contributed by atoms with Gasteiger partial charge >= 0.3 is 0 Å². The summed E-state index contributed by atoms with van der Waals surface area (Å²) in [7, 11) is 0. The lowest BCUT2D eigenvalue weighted by Gasteiger charge is -2.01. The first-order valence-corrected chi connectivity index (χ1v) is 3.49. The highest BCUT2D eigenvalue weighted by molar-refractivity contribution is 5.64. The van der Waals surface area contributed by atoms with E-state index in [9.17, 15) is 0 Å². The van der Waals surface area contributed by atoms with Gasteiger partial charge in [-0.05, 0) is 29.7 Å². The van der Waals surface area contributed by atoms with Gasteiger partial charge in [0.1, 0.15) is 0 Å². The molecule has 0 amide bonds. The fourth-order valence-corrected chi connectivity index (χ4v) is 1.28. The van der Waals surface area contributed by atoms with Crippen LogP contribution in [-0.2, 0) is 6.42 Å². The molecule has 1 aromatic carbocycles. The highest BCUT2D eigenvalue weighted by Crippen LogP contribution is 2.31. The Morgan fingerprint density at radius 3 is 2.64 bits per heavy atom. The summed E-state index contributed by atoms with van der Waals surface area (Å²) >= 11 is 0. The SMILES string of the molecule is Oc1cc2c(cc1O)CC=C2. The van der Waals surface area contributed by atoms with Crippen LogP contribution in [0.3, 0.4) is 0 Å². The van der Waals surface area contributed by atoms with Gasteiger partial charge in [0, 0.05) is 0 Å². The molecule has 0 bridgehead atoms. The van der Waals surface area contributed by atoms with Crippen LogP contribution in [0.1, 0.15) is 11.1 Å². The van der Waals surface area contributed by atoms with Crippen LogP contribution in [0.15, 0.2) is 18.2 Å². The summed E-state index contributed by atoms with van der Waals surface area (Å²) < 4.78 is 0. The second-order valence-electron chi connectivity index (χ2n) is 2.65. The molecule has 11 heavy (non-hydrogen) atoms. The minimum Gasteiger partial charge on any atom is -0.504 e. The first kappa shape index (κ1) is 6.28. The maximum Gasteiger partial charge on any atom is 0.158 e. The predicted molar refractivity (Wildman–Crippen MR) is 42.5 cm³/mol. The second-order valence-corrected chi connectivity index (χ2v) is 2.65. The Morgan fingerprint density at radius 1 is 1.09 bits per heavy atom. The number of fused-ring (bicyclic) bond motifs is 1. The first-order valence-electron chi connectivity index (χ1n) is 3.49. The number of hydrogen-bond acceptors (Lipinski definition) is 2. The summed E-state index contributed by atoms with van der Waals surface area (Å²) in [4.78, 5) is 0. The van der Waals surface area contributed by atoms with E-state index in [-0.39, 0.29) is 11.5 Å². The Bertz CT molecular complexity index is 327. The van der Waals surface area contributed by atoms with E-state index in [0.29, 0.717) is 0 Å². The van der Waals surface area contributed by atoms with Crippen LogP contribution >= 0.6 is 0 Å². The van der Waals surface area contributed by atoms with Gasteiger partial charge in [-0.1, -0.05) is 12.2 Å². The average molecular weight is 148 g/mol. The molecular weight excluding hydrogens is 140 g/mol. The summed E-state index contributed by atoms with van der Waals surface area (Å²) in [5, 5.41) is 18.2. The highest BCUT2D eigenvalue weighted by atomic mass is 16.3. The number of rotatable bonds is 0. The third-order valence-electron chi connectivity index (χ3n) is 1.87. The second kappa shape index (κ2) is 2.02. The molecule has 0 heterocycles. The fraction of sp³-hybridized carbons (Fsp3) is 0.111. The number of phenols is 2. The lowest BCUT2D eigenvalue weighted by atomic mass is 10.1. The molecular formula is C9H8O2. The van der Waals surface area contributed by atoms with E-state index in [1.54, 1.807) is 12.1 Å². The van der Waals surface area contributed by atoms with Gasteiger partial charge < -0.3 is 10.2 Å². The molecule has 1 aromatic rings. The molecule has 1 aliphatic carbocycles. The lowest BCUT2D eigenvalue weighted by molar-refractivity contribution is 0.403. The molecule has 2 nitrogen and oxygen atoms in total. The molecule has 0 atom stereocenters. The number of aromatic hydroxyl groups is 2. The van der Waals surface area contributed by atoms with Crippen LogP contribution < -0.4 is 0 Å². The van der Waals surface area contributed by atoms with Gasteiger partial charge in [0.2, 0.25) is 0 Å². The molecule has 1 aliphatic rings. The van der Waals surface area contributed by atoms with Crippen molar-refractivity contribution in [2.24, 2.45) is 0 Å². The quantitative estimate of drug-likeness (QED) is 0.549. The molecule has 2 rings (SSSR count). The summed E-state index contributed by atoms with van der Waals surface area (Å²) in [5.74, 6) is -0.0808. The molecule has 0 aromatic heterocycles. The van der Waals surface area contributed by atoms with E-state index in [0.717, 1.165) is 17.5 Å². The van der Waals surface area contributed by atoms with Crippen LogP contribution in [0.2, 0.25) is 0 Å². The smallest absolute Gasteiger partial charge is 0.158 e. The Morgan fingerprint density at radius 2 is 1.82 bits per heavy atom. The Kier molecular flexibility index (Phi) is 1.15. The van der Waals surface area contributed by atoms with E-state index in [1.807, 2.05) is 12.2 Å². The lowest BCUT2D eigenvalue weighted by Crippen LogP contribution is -1.80. The number of allylic oxidation sites excluding steroid dienone is 1. The molecule has 0 saturated carbocycles. The van der Waals surface area contributed by atoms with Crippen molar-refractivity contribution in [2.45, 2.75) is 6.42 Å². The van der Waals surface area contributed by atoms with Crippen molar-refractivity contribution in [2.75, 3.05) is 0 Å². The molecule has 0 aliphatic heterocycles. The van der Waals surface area contributed by atoms with Crippen molar-refractivity contribution < 1.29 is 10.2 Å². The van der Waals surface area contributed by atoms with E-state index < -0.39 is 0 Å². The maximum absolute atomic E-state index is 9.11. The third-order valence-corrected chi connectivity index (χ3v) is 1.87. The zero-order valence-corrected chi connectivity index (χ0v) is 5.91. The number of hydrogen-bond donors (Lipinski definition) is 2. The van der Waals surface area contributed by atoms with Gasteiger partial charge in [0.25, 0.3) is 0 Å². The molecule has 2 N–H and O–H groups in total.